The van der Waals surface area contributed by atoms with Gasteiger partial charge in [-0.2, -0.15) is 0 Å². The largest absolute Gasteiger partial charge is 0.480 e. The van der Waals surface area contributed by atoms with Gasteiger partial charge in [0.25, 0.3) is 0 Å². The summed E-state index contributed by atoms with van der Waals surface area (Å²) in [5, 5.41) is 36.9. The molecule has 1 fully saturated rings. The monoisotopic (exact) mass is 466 g/mol. The van der Waals surface area contributed by atoms with Gasteiger partial charge in [-0.15, -0.1) is 0 Å². The zero-order valence-electron chi connectivity index (χ0n) is 18.3. The molecular weight excluding hydrogens is 436 g/mol. The van der Waals surface area contributed by atoms with E-state index in [2.05, 4.69) is 0 Å². The van der Waals surface area contributed by atoms with Crippen molar-refractivity contribution in [2.45, 2.75) is 0 Å². The summed E-state index contributed by atoms with van der Waals surface area (Å²) in [4.78, 5) is 52.1. The second-order valence-electron chi connectivity index (χ2n) is 7.85. The van der Waals surface area contributed by atoms with Crippen LogP contribution in [0, 0.1) is 0 Å². The molecule has 1 aromatic rings. The summed E-state index contributed by atoms with van der Waals surface area (Å²) in [6, 6.07) is 6.32. The van der Waals surface area contributed by atoms with Crippen LogP contribution in [0.3, 0.4) is 0 Å². The van der Waals surface area contributed by atoms with Gasteiger partial charge < -0.3 is 25.3 Å². The van der Waals surface area contributed by atoms with Crippen LogP contribution in [0.5, 0.6) is 0 Å². The maximum Gasteiger partial charge on any atom is 0.335 e. The number of carboxylic acids is 4. The highest BCUT2D eigenvalue weighted by atomic mass is 16.4. The van der Waals surface area contributed by atoms with Gasteiger partial charge in [-0.3, -0.25) is 29.1 Å². The fourth-order valence-corrected chi connectivity index (χ4v) is 3.66. The molecule has 1 aliphatic rings. The first kappa shape index (κ1) is 26.0. The van der Waals surface area contributed by atoms with Crippen molar-refractivity contribution in [1.29, 1.82) is 0 Å². The van der Waals surface area contributed by atoms with Crippen molar-refractivity contribution in [1.82, 2.24) is 14.7 Å². The van der Waals surface area contributed by atoms with Crippen LogP contribution in [0.25, 0.3) is 0 Å². The molecule has 0 spiro atoms. The van der Waals surface area contributed by atoms with Gasteiger partial charge >= 0.3 is 23.9 Å². The number of aliphatic carboxylic acids is 3. The lowest BCUT2D eigenvalue weighted by atomic mass is 10.2. The minimum Gasteiger partial charge on any atom is -0.480 e. The molecule has 0 bridgehead atoms. The molecule has 0 radical (unpaired) electrons. The van der Waals surface area contributed by atoms with E-state index in [0.717, 1.165) is 5.69 Å². The van der Waals surface area contributed by atoms with Crippen molar-refractivity contribution in [3.63, 3.8) is 0 Å². The quantitative estimate of drug-likeness (QED) is 0.384. The van der Waals surface area contributed by atoms with E-state index in [1.807, 2.05) is 4.90 Å². The highest BCUT2D eigenvalue weighted by molar-refractivity contribution is 5.88. The van der Waals surface area contributed by atoms with E-state index in [0.29, 0.717) is 52.4 Å². The lowest BCUT2D eigenvalue weighted by Crippen LogP contribution is -2.48. The van der Waals surface area contributed by atoms with Crippen LogP contribution in [-0.4, -0.2) is 131 Å². The first-order valence-corrected chi connectivity index (χ1v) is 10.5. The first-order chi connectivity index (χ1) is 15.6. The Kier molecular flexibility index (Phi) is 10.0. The maximum absolute atomic E-state index is 11.3. The van der Waals surface area contributed by atoms with Gasteiger partial charge in [-0.05, 0) is 24.3 Å². The minimum absolute atomic E-state index is 0.145. The third-order valence-electron chi connectivity index (χ3n) is 5.39. The van der Waals surface area contributed by atoms with Gasteiger partial charge in [0.05, 0.1) is 25.2 Å². The summed E-state index contributed by atoms with van der Waals surface area (Å²) in [6.45, 7) is 2.34. The smallest absolute Gasteiger partial charge is 0.335 e. The van der Waals surface area contributed by atoms with Crippen LogP contribution < -0.4 is 4.90 Å². The molecule has 12 heteroatoms. The summed E-state index contributed by atoms with van der Waals surface area (Å²) in [5.41, 5.74) is 0.891. The third kappa shape index (κ3) is 9.43. The molecule has 1 aromatic carbocycles. The molecule has 0 unspecified atom stereocenters. The van der Waals surface area contributed by atoms with Crippen LogP contribution >= 0.6 is 0 Å². The zero-order valence-corrected chi connectivity index (χ0v) is 18.3. The van der Waals surface area contributed by atoms with E-state index in [9.17, 15) is 34.5 Å². The second-order valence-corrected chi connectivity index (χ2v) is 7.85. The number of nitrogens with zero attached hydrogens (tertiary/aromatic N) is 4. The average molecular weight is 466 g/mol. The lowest BCUT2D eigenvalue weighted by molar-refractivity contribution is -0.140. The minimum atomic E-state index is -1.04. The van der Waals surface area contributed by atoms with Gasteiger partial charge in [0, 0.05) is 58.0 Å². The number of benzene rings is 1. The van der Waals surface area contributed by atoms with Crippen LogP contribution in [0.2, 0.25) is 0 Å². The maximum atomic E-state index is 11.3. The molecule has 0 atom stereocenters. The molecule has 0 aliphatic carbocycles. The molecule has 0 aromatic heterocycles. The fourth-order valence-electron chi connectivity index (χ4n) is 3.66. The van der Waals surface area contributed by atoms with E-state index in [1.54, 1.807) is 26.8 Å². The van der Waals surface area contributed by atoms with Crippen LogP contribution in [-0.2, 0) is 14.4 Å². The van der Waals surface area contributed by atoms with Crippen molar-refractivity contribution in [2.24, 2.45) is 0 Å². The number of hydrogen-bond donors (Lipinski definition) is 4. The number of hydrogen-bond acceptors (Lipinski definition) is 8. The molecule has 182 valence electrons. The normalized spacial score (nSPS) is 17.6. The molecule has 1 heterocycles. The van der Waals surface area contributed by atoms with Crippen LogP contribution in [0.4, 0.5) is 5.69 Å². The number of rotatable bonds is 8. The van der Waals surface area contributed by atoms with E-state index in [1.165, 1.54) is 12.1 Å². The highest BCUT2D eigenvalue weighted by Crippen LogP contribution is 2.16. The predicted molar refractivity (Wildman–Crippen MR) is 118 cm³/mol. The first-order valence-electron chi connectivity index (χ1n) is 10.5. The number of carboxylic acid groups (broad SMARTS) is 4. The molecule has 2 rings (SSSR count). The molecule has 1 aliphatic heterocycles. The molecule has 33 heavy (non-hydrogen) atoms. The number of anilines is 1. The Hall–Kier alpha value is -3.22. The fraction of sp³-hybridized carbons (Fsp3) is 0.524. The van der Waals surface area contributed by atoms with Crippen molar-refractivity contribution in [3.8, 4) is 0 Å². The Morgan fingerprint density at radius 3 is 1.21 bits per heavy atom. The Balaban J connectivity index is 2.24. The Morgan fingerprint density at radius 2 is 0.909 bits per heavy atom. The van der Waals surface area contributed by atoms with E-state index in [4.69, 9.17) is 5.11 Å². The van der Waals surface area contributed by atoms with Crippen molar-refractivity contribution in [2.75, 3.05) is 76.9 Å². The summed E-state index contributed by atoms with van der Waals surface area (Å²) in [6.07, 6.45) is 0. The SMILES string of the molecule is O=C(O)CN1CCN(CC(=O)O)CCN(c2ccc(C(=O)O)cc2)CCN(CC(=O)O)CC1. The Morgan fingerprint density at radius 1 is 0.576 bits per heavy atom. The summed E-state index contributed by atoms with van der Waals surface area (Å²) < 4.78 is 0. The average Bonchev–Trinajstić information content (AvgIpc) is 2.73. The van der Waals surface area contributed by atoms with Gasteiger partial charge in [0.1, 0.15) is 0 Å². The number of aromatic carboxylic acids is 1. The molecule has 4 N–H and O–H groups in total. The standard InChI is InChI=1S/C21H30N4O8/c26-18(27)13-22-5-7-23(14-19(28)29)9-11-25(12-10-24(8-6-22)15-20(30)31)17-3-1-16(2-4-17)21(32)33/h1-4H,5-15H2,(H,26,27)(H,28,29)(H,30,31)(H,32,33). The van der Waals surface area contributed by atoms with Crippen LogP contribution in [0.1, 0.15) is 10.4 Å². The topological polar surface area (TPSA) is 162 Å². The van der Waals surface area contributed by atoms with Gasteiger partial charge in [0.2, 0.25) is 0 Å². The number of carbonyl (C=O) groups is 4. The Bertz CT molecular complexity index is 800. The van der Waals surface area contributed by atoms with Crippen molar-refractivity contribution < 1.29 is 39.6 Å². The van der Waals surface area contributed by atoms with Crippen molar-refractivity contribution >= 4 is 29.6 Å². The summed E-state index contributed by atoms with van der Waals surface area (Å²) in [7, 11) is 0. The highest BCUT2D eigenvalue weighted by Gasteiger charge is 2.20. The molecule has 12 nitrogen and oxygen atoms in total. The second kappa shape index (κ2) is 12.7. The predicted octanol–water partition coefficient (Wildman–Crippen LogP) is -0.635. The van der Waals surface area contributed by atoms with E-state index in [-0.39, 0.29) is 25.2 Å². The summed E-state index contributed by atoms with van der Waals surface area (Å²) in [5.74, 6) is -4.03. The molecular formula is C21H30N4O8. The van der Waals surface area contributed by atoms with Crippen LogP contribution in [0.15, 0.2) is 24.3 Å². The summed E-state index contributed by atoms with van der Waals surface area (Å²) >= 11 is 0. The Labute approximate surface area is 191 Å². The van der Waals surface area contributed by atoms with E-state index < -0.39 is 23.9 Å². The molecule has 1 saturated heterocycles. The van der Waals surface area contributed by atoms with Crippen molar-refractivity contribution in [3.05, 3.63) is 29.8 Å². The van der Waals surface area contributed by atoms with Gasteiger partial charge in [-0.1, -0.05) is 0 Å². The third-order valence-corrected chi connectivity index (χ3v) is 5.39. The zero-order chi connectivity index (χ0) is 24.4. The van der Waals surface area contributed by atoms with Gasteiger partial charge in [-0.25, -0.2) is 4.79 Å². The van der Waals surface area contributed by atoms with E-state index >= 15 is 0 Å². The molecule has 0 amide bonds. The lowest BCUT2D eigenvalue weighted by Gasteiger charge is -2.34. The molecule has 0 saturated carbocycles. The van der Waals surface area contributed by atoms with Gasteiger partial charge in [0.15, 0.2) is 0 Å².